The molecule has 6 nitrogen and oxygen atoms in total. The van der Waals surface area contributed by atoms with Gasteiger partial charge in [0.2, 0.25) is 10.0 Å². The lowest BCUT2D eigenvalue weighted by molar-refractivity contribution is 0.597. The second-order valence-electron chi connectivity index (χ2n) is 4.05. The summed E-state index contributed by atoms with van der Waals surface area (Å²) >= 11 is 13.0. The normalized spacial score (nSPS) is 13.2. The zero-order valence-corrected chi connectivity index (χ0v) is 13.6. The van der Waals surface area contributed by atoms with Gasteiger partial charge < -0.3 is 5.32 Å². The molecule has 1 aliphatic heterocycles. The number of sulfonamides is 1. The second-order valence-corrected chi connectivity index (χ2v) is 7.24. The Morgan fingerprint density at radius 2 is 1.95 bits per heavy atom. The minimum Gasteiger partial charge on any atom is -0.320 e. The fourth-order valence-corrected chi connectivity index (χ4v) is 3.98. The van der Waals surface area contributed by atoms with Gasteiger partial charge in [0.15, 0.2) is 0 Å². The number of rotatable bonds is 6. The van der Waals surface area contributed by atoms with Crippen molar-refractivity contribution in [3.63, 3.8) is 0 Å². The molecule has 0 atom stereocenters. The van der Waals surface area contributed by atoms with Crippen molar-refractivity contribution < 1.29 is 8.42 Å². The van der Waals surface area contributed by atoms with Gasteiger partial charge in [0.25, 0.3) is 0 Å². The van der Waals surface area contributed by atoms with Crippen molar-refractivity contribution in [3.8, 4) is 0 Å². The number of benzene rings is 1. The Kier molecular flexibility index (Phi) is 5.03. The first-order chi connectivity index (χ1) is 9.44. The van der Waals surface area contributed by atoms with Crippen molar-refractivity contribution in [1.82, 2.24) is 5.32 Å². The van der Waals surface area contributed by atoms with E-state index in [2.05, 4.69) is 18.8 Å². The number of hydrogen-bond acceptors (Lipinski definition) is 5. The molecule has 0 spiro atoms. The smallest absolute Gasteiger partial charge is 0.232 e. The lowest BCUT2D eigenvalue weighted by Crippen LogP contribution is -2.20. The molecule has 0 saturated heterocycles. The minimum absolute atomic E-state index is 0.00808. The Balaban J connectivity index is 2.27. The Labute approximate surface area is 130 Å². The number of fused-ring (bicyclic) bond motifs is 1. The molecule has 1 heterocycles. The van der Waals surface area contributed by atoms with Gasteiger partial charge in [-0.3, -0.25) is 4.72 Å². The van der Waals surface area contributed by atoms with Crippen LogP contribution in [0.15, 0.2) is 14.8 Å². The maximum absolute atomic E-state index is 12.0. The molecule has 0 bridgehead atoms. The Bertz CT molecular complexity index is 700. The van der Waals surface area contributed by atoms with Gasteiger partial charge in [-0.25, -0.2) is 8.42 Å². The summed E-state index contributed by atoms with van der Waals surface area (Å²) in [5.74, 6) is -0.00808. The highest BCUT2D eigenvalue weighted by molar-refractivity contribution is 7.92. The minimum atomic E-state index is -3.49. The van der Waals surface area contributed by atoms with Crippen LogP contribution in [0.5, 0.6) is 0 Å². The molecule has 0 unspecified atom stereocenters. The van der Waals surface area contributed by atoms with E-state index in [0.29, 0.717) is 29.4 Å². The largest absolute Gasteiger partial charge is 0.320 e. The van der Waals surface area contributed by atoms with Crippen LogP contribution >= 0.6 is 23.2 Å². The van der Waals surface area contributed by atoms with E-state index in [-0.39, 0.29) is 16.5 Å². The number of anilines is 1. The van der Waals surface area contributed by atoms with E-state index in [1.807, 2.05) is 0 Å². The van der Waals surface area contributed by atoms with Crippen LogP contribution in [0.4, 0.5) is 17.1 Å². The highest BCUT2D eigenvalue weighted by atomic mass is 35.5. The molecular formula is C10H12Cl2N4O2S2. The second kappa shape index (κ2) is 6.40. The van der Waals surface area contributed by atoms with Crippen molar-refractivity contribution in [2.45, 2.75) is 6.42 Å². The molecular weight excluding hydrogens is 343 g/mol. The Morgan fingerprint density at radius 1 is 1.25 bits per heavy atom. The fraction of sp³-hybridized carbons (Fsp3) is 0.400. The standard InChI is InChI=1S/C10H12Cl2N4O2S2/c1-13-3-2-4-20(17,18)16-9-7(12)5-6(11)8-10(9)15-19-14-8/h5,13,16H,2-4H2,1H3. The van der Waals surface area contributed by atoms with Crippen molar-refractivity contribution >= 4 is 61.6 Å². The van der Waals surface area contributed by atoms with E-state index in [4.69, 9.17) is 23.2 Å². The SMILES string of the molecule is CNCCCS(=O)(=O)Nc1c(Cl)cc(Cl)c2c1N=S=N2. The van der Waals surface area contributed by atoms with Crippen LogP contribution < -0.4 is 10.0 Å². The highest BCUT2D eigenvalue weighted by Crippen LogP contribution is 2.47. The van der Waals surface area contributed by atoms with E-state index in [0.717, 1.165) is 11.4 Å². The van der Waals surface area contributed by atoms with Gasteiger partial charge in [0.05, 0.1) is 32.8 Å². The van der Waals surface area contributed by atoms with E-state index in [9.17, 15) is 8.42 Å². The number of halogens is 2. The lowest BCUT2D eigenvalue weighted by atomic mass is 10.2. The quantitative estimate of drug-likeness (QED) is 0.781. The third-order valence-corrected chi connectivity index (χ3v) is 5.00. The van der Waals surface area contributed by atoms with Gasteiger partial charge in [-0.15, -0.1) is 0 Å². The average Bonchev–Trinajstić information content (AvgIpc) is 2.84. The molecule has 1 aromatic rings. The lowest BCUT2D eigenvalue weighted by Gasteiger charge is -2.12. The molecule has 1 aromatic carbocycles. The molecule has 2 N–H and O–H groups in total. The molecule has 20 heavy (non-hydrogen) atoms. The van der Waals surface area contributed by atoms with Gasteiger partial charge in [-0.2, -0.15) is 8.73 Å². The highest BCUT2D eigenvalue weighted by Gasteiger charge is 2.22. The van der Waals surface area contributed by atoms with Gasteiger partial charge in [-0.05, 0) is 26.1 Å². The monoisotopic (exact) mass is 354 g/mol. The predicted molar refractivity (Wildman–Crippen MR) is 84.0 cm³/mol. The summed E-state index contributed by atoms with van der Waals surface area (Å²) in [6.07, 6.45) is 0.496. The number of nitrogens with one attached hydrogen (secondary N) is 2. The third-order valence-electron chi connectivity index (χ3n) is 2.54. The molecule has 0 amide bonds. The van der Waals surface area contributed by atoms with Crippen LogP contribution in [0.2, 0.25) is 10.0 Å². The maximum Gasteiger partial charge on any atom is 0.232 e. The molecule has 110 valence electrons. The number of nitrogens with zero attached hydrogens (tertiary/aromatic N) is 2. The molecule has 0 radical (unpaired) electrons. The summed E-state index contributed by atoms with van der Waals surface area (Å²) in [5, 5.41) is 3.44. The summed E-state index contributed by atoms with van der Waals surface area (Å²) in [4.78, 5) is 0. The summed E-state index contributed by atoms with van der Waals surface area (Å²) in [6, 6.07) is 1.46. The molecule has 0 fully saturated rings. The molecule has 0 aromatic heterocycles. The van der Waals surface area contributed by atoms with Crippen LogP contribution in [0.25, 0.3) is 0 Å². The van der Waals surface area contributed by atoms with E-state index in [1.165, 1.54) is 6.07 Å². The first kappa shape index (κ1) is 15.7. The summed E-state index contributed by atoms with van der Waals surface area (Å²) < 4.78 is 34.5. The molecule has 10 heteroatoms. The fourth-order valence-electron chi connectivity index (χ4n) is 1.62. The van der Waals surface area contributed by atoms with E-state index in [1.54, 1.807) is 7.05 Å². The van der Waals surface area contributed by atoms with Crippen molar-refractivity contribution in [2.24, 2.45) is 8.73 Å². The third kappa shape index (κ3) is 3.50. The summed E-state index contributed by atoms with van der Waals surface area (Å²) in [5.41, 5.74) is 1.03. The maximum atomic E-state index is 12.0. The number of hydrogen-bond donors (Lipinski definition) is 2. The topological polar surface area (TPSA) is 82.9 Å². The summed E-state index contributed by atoms with van der Waals surface area (Å²) in [7, 11) is -1.73. The summed E-state index contributed by atoms with van der Waals surface area (Å²) in [6.45, 7) is 0.614. The first-order valence-corrected chi connectivity index (χ1v) is 8.84. The zero-order valence-electron chi connectivity index (χ0n) is 10.5. The average molecular weight is 355 g/mol. The van der Waals surface area contributed by atoms with Crippen LogP contribution in [-0.2, 0) is 21.4 Å². The Hall–Kier alpha value is -0.670. The molecule has 1 aliphatic rings. The van der Waals surface area contributed by atoms with Crippen molar-refractivity contribution in [2.75, 3.05) is 24.1 Å². The van der Waals surface area contributed by atoms with Crippen LogP contribution in [0.1, 0.15) is 6.42 Å². The van der Waals surface area contributed by atoms with Gasteiger partial charge in [0.1, 0.15) is 11.4 Å². The van der Waals surface area contributed by atoms with E-state index < -0.39 is 10.0 Å². The molecule has 2 rings (SSSR count). The van der Waals surface area contributed by atoms with Gasteiger partial charge in [0, 0.05) is 0 Å². The molecule has 0 saturated carbocycles. The van der Waals surface area contributed by atoms with Crippen LogP contribution in [0, 0.1) is 0 Å². The van der Waals surface area contributed by atoms with Gasteiger partial charge >= 0.3 is 0 Å². The molecule has 0 aliphatic carbocycles. The first-order valence-electron chi connectivity index (χ1n) is 5.70. The van der Waals surface area contributed by atoms with Gasteiger partial charge in [-0.1, -0.05) is 23.2 Å². The van der Waals surface area contributed by atoms with E-state index >= 15 is 0 Å². The van der Waals surface area contributed by atoms with Crippen LogP contribution in [-0.4, -0.2) is 27.8 Å². The zero-order chi connectivity index (χ0) is 14.8. The van der Waals surface area contributed by atoms with Crippen molar-refractivity contribution in [1.29, 1.82) is 0 Å². The van der Waals surface area contributed by atoms with Crippen LogP contribution in [0.3, 0.4) is 0 Å². The Morgan fingerprint density at radius 3 is 2.65 bits per heavy atom. The van der Waals surface area contributed by atoms with Crippen molar-refractivity contribution in [3.05, 3.63) is 16.1 Å². The predicted octanol–water partition coefficient (Wildman–Crippen LogP) is 3.07.